The van der Waals surface area contributed by atoms with Gasteiger partial charge in [0.25, 0.3) is 5.91 Å². The third-order valence-electron chi connectivity index (χ3n) is 3.28. The van der Waals surface area contributed by atoms with Gasteiger partial charge in [-0.05, 0) is 12.1 Å². The molecule has 8 nitrogen and oxygen atoms in total. The molecule has 0 aliphatic carbocycles. The van der Waals surface area contributed by atoms with Gasteiger partial charge in [0.1, 0.15) is 4.32 Å². The van der Waals surface area contributed by atoms with Crippen molar-refractivity contribution in [1.29, 1.82) is 0 Å². The Labute approximate surface area is 158 Å². The molecule has 26 heavy (non-hydrogen) atoms. The van der Waals surface area contributed by atoms with Gasteiger partial charge in [0.15, 0.2) is 18.1 Å². The lowest BCUT2D eigenvalue weighted by Gasteiger charge is -2.13. The average molecular weight is 397 g/mol. The molecule has 2 N–H and O–H groups in total. The van der Waals surface area contributed by atoms with Gasteiger partial charge < -0.3 is 19.7 Å². The lowest BCUT2D eigenvalue weighted by molar-refractivity contribution is -0.139. The summed E-state index contributed by atoms with van der Waals surface area (Å²) in [5.41, 5.74) is 0.448. The van der Waals surface area contributed by atoms with Crippen LogP contribution in [0.3, 0.4) is 0 Å². The number of methoxy groups -OCH3 is 1. The Bertz CT molecular complexity index is 791. The Hall–Kier alpha value is -2.59. The maximum Gasteiger partial charge on any atom is 0.341 e. The number of hydrogen-bond acceptors (Lipinski definition) is 7. The molecule has 0 spiro atoms. The number of carboxylic acids is 2. The number of nitrogens with zero attached hydrogens (tertiary/aromatic N) is 1. The predicted octanol–water partition coefficient (Wildman–Crippen LogP) is 1.83. The minimum Gasteiger partial charge on any atom is -0.493 e. The molecule has 1 aromatic rings. The van der Waals surface area contributed by atoms with Crippen molar-refractivity contribution in [3.63, 3.8) is 0 Å². The van der Waals surface area contributed by atoms with Crippen molar-refractivity contribution in [3.8, 4) is 11.5 Å². The molecule has 0 aromatic heterocycles. The fraction of sp³-hybridized carbons (Fsp3) is 0.250. The van der Waals surface area contributed by atoms with Crippen LogP contribution in [0.1, 0.15) is 12.0 Å². The van der Waals surface area contributed by atoms with E-state index in [2.05, 4.69) is 0 Å². The summed E-state index contributed by atoms with van der Waals surface area (Å²) in [6.07, 6.45) is 1.30. The highest BCUT2D eigenvalue weighted by Crippen LogP contribution is 2.37. The largest absolute Gasteiger partial charge is 0.493 e. The quantitative estimate of drug-likeness (QED) is 0.501. The fourth-order valence-electron chi connectivity index (χ4n) is 2.14. The Kier molecular flexibility index (Phi) is 6.58. The number of hydrogen-bond donors (Lipinski definition) is 2. The summed E-state index contributed by atoms with van der Waals surface area (Å²) < 4.78 is 10.7. The summed E-state index contributed by atoms with van der Waals surface area (Å²) in [4.78, 5) is 35.4. The van der Waals surface area contributed by atoms with Crippen LogP contribution < -0.4 is 9.47 Å². The lowest BCUT2D eigenvalue weighted by atomic mass is 10.1. The van der Waals surface area contributed by atoms with Crippen molar-refractivity contribution in [1.82, 2.24) is 4.90 Å². The van der Waals surface area contributed by atoms with Gasteiger partial charge >= 0.3 is 11.9 Å². The molecule has 1 aliphatic rings. The smallest absolute Gasteiger partial charge is 0.341 e. The van der Waals surface area contributed by atoms with Crippen LogP contribution in [0.25, 0.3) is 6.08 Å². The number of carboxylic acid groups (broad SMARTS) is 2. The van der Waals surface area contributed by atoms with Crippen LogP contribution in [-0.4, -0.2) is 57.5 Å². The standard InChI is InChI=1S/C16H15NO7S2/c1-23-10-4-2-3-9(14(10)24-8-13(20)21)7-11-15(22)17(16(25)26-11)6-5-12(18)19/h2-4,7H,5-6,8H2,1H3,(H,18,19)(H,20,21). The maximum absolute atomic E-state index is 12.5. The van der Waals surface area contributed by atoms with Gasteiger partial charge in [-0.2, -0.15) is 0 Å². The van der Waals surface area contributed by atoms with E-state index in [4.69, 9.17) is 31.9 Å². The second-order valence-electron chi connectivity index (χ2n) is 5.04. The van der Waals surface area contributed by atoms with Crippen molar-refractivity contribution in [3.05, 3.63) is 28.7 Å². The molecule has 0 unspecified atom stereocenters. The molecular weight excluding hydrogens is 382 g/mol. The minimum absolute atomic E-state index is 0.0160. The van der Waals surface area contributed by atoms with Crippen molar-refractivity contribution in [2.24, 2.45) is 0 Å². The molecule has 1 saturated heterocycles. The summed E-state index contributed by atoms with van der Waals surface area (Å²) in [6.45, 7) is -0.585. The maximum atomic E-state index is 12.5. The zero-order valence-corrected chi connectivity index (χ0v) is 15.3. The first-order chi connectivity index (χ1) is 12.3. The van der Waals surface area contributed by atoms with Crippen LogP contribution in [0, 0.1) is 0 Å². The zero-order valence-electron chi connectivity index (χ0n) is 13.6. The Balaban J connectivity index is 2.31. The predicted molar refractivity (Wildman–Crippen MR) is 98.3 cm³/mol. The van der Waals surface area contributed by atoms with Crippen molar-refractivity contribution in [2.45, 2.75) is 6.42 Å². The van der Waals surface area contributed by atoms with E-state index in [1.54, 1.807) is 18.2 Å². The number of rotatable bonds is 8. The number of thioether (sulfide) groups is 1. The molecule has 0 atom stereocenters. The summed E-state index contributed by atoms with van der Waals surface area (Å²) >= 11 is 6.17. The van der Waals surface area contributed by atoms with Crippen LogP contribution in [0.15, 0.2) is 23.1 Å². The first kappa shape index (κ1) is 19.7. The minimum atomic E-state index is -1.15. The molecule has 1 fully saturated rings. The number of aliphatic carboxylic acids is 2. The second-order valence-corrected chi connectivity index (χ2v) is 6.71. The van der Waals surface area contributed by atoms with Crippen LogP contribution in [0.5, 0.6) is 11.5 Å². The summed E-state index contributed by atoms with van der Waals surface area (Å²) in [5, 5.41) is 17.6. The molecule has 0 radical (unpaired) electrons. The van der Waals surface area contributed by atoms with Gasteiger partial charge in [0.05, 0.1) is 18.4 Å². The van der Waals surface area contributed by atoms with Gasteiger partial charge in [0, 0.05) is 12.1 Å². The SMILES string of the molecule is COc1cccc(C=C2SC(=S)N(CCC(=O)O)C2=O)c1OCC(=O)O. The molecule has 1 aromatic carbocycles. The molecule has 0 saturated carbocycles. The highest BCUT2D eigenvalue weighted by Gasteiger charge is 2.32. The highest BCUT2D eigenvalue weighted by molar-refractivity contribution is 8.26. The Morgan fingerprint density at radius 2 is 2.04 bits per heavy atom. The van der Waals surface area contributed by atoms with E-state index < -0.39 is 24.5 Å². The molecule has 1 amide bonds. The monoisotopic (exact) mass is 397 g/mol. The van der Waals surface area contributed by atoms with Crippen molar-refractivity contribution in [2.75, 3.05) is 20.3 Å². The van der Waals surface area contributed by atoms with Gasteiger partial charge in [-0.3, -0.25) is 14.5 Å². The molecular formula is C16H15NO7S2. The molecule has 2 rings (SSSR count). The third kappa shape index (κ3) is 4.73. The number of carbonyl (C=O) groups is 3. The van der Waals surface area contributed by atoms with Crippen LogP contribution in [0.2, 0.25) is 0 Å². The van der Waals surface area contributed by atoms with E-state index in [1.165, 1.54) is 18.1 Å². The number of ether oxygens (including phenoxy) is 2. The van der Waals surface area contributed by atoms with E-state index in [1.807, 2.05) is 0 Å². The van der Waals surface area contributed by atoms with Gasteiger partial charge in [-0.15, -0.1) is 0 Å². The lowest BCUT2D eigenvalue weighted by Crippen LogP contribution is -2.30. The number of amides is 1. The summed E-state index contributed by atoms with van der Waals surface area (Å²) in [7, 11) is 1.41. The molecule has 0 bridgehead atoms. The number of para-hydroxylation sites is 1. The Morgan fingerprint density at radius 3 is 2.65 bits per heavy atom. The first-order valence-corrected chi connectivity index (χ1v) is 8.54. The van der Waals surface area contributed by atoms with E-state index in [-0.39, 0.29) is 27.9 Å². The van der Waals surface area contributed by atoms with Crippen LogP contribution in [-0.2, 0) is 14.4 Å². The molecule has 1 heterocycles. The van der Waals surface area contributed by atoms with E-state index >= 15 is 0 Å². The van der Waals surface area contributed by atoms with Crippen LogP contribution in [0.4, 0.5) is 0 Å². The van der Waals surface area contributed by atoms with E-state index in [0.29, 0.717) is 11.3 Å². The summed E-state index contributed by atoms with van der Waals surface area (Å²) in [6, 6.07) is 4.92. The molecule has 138 valence electrons. The fourth-order valence-corrected chi connectivity index (χ4v) is 3.44. The third-order valence-corrected chi connectivity index (χ3v) is 4.66. The zero-order chi connectivity index (χ0) is 19.3. The summed E-state index contributed by atoms with van der Waals surface area (Å²) in [5.74, 6) is -2.08. The van der Waals surface area contributed by atoms with Crippen molar-refractivity contribution < 1.29 is 34.1 Å². The first-order valence-electron chi connectivity index (χ1n) is 7.32. The van der Waals surface area contributed by atoms with Gasteiger partial charge in [0.2, 0.25) is 0 Å². The molecule has 10 heteroatoms. The number of thiocarbonyl (C=S) groups is 1. The number of benzene rings is 1. The average Bonchev–Trinajstić information content (AvgIpc) is 2.84. The van der Waals surface area contributed by atoms with Crippen molar-refractivity contribution >= 4 is 52.2 Å². The Morgan fingerprint density at radius 1 is 1.31 bits per heavy atom. The normalized spacial score (nSPS) is 15.4. The van der Waals surface area contributed by atoms with E-state index in [0.717, 1.165) is 11.8 Å². The van der Waals surface area contributed by atoms with E-state index in [9.17, 15) is 14.4 Å². The molecule has 1 aliphatic heterocycles. The topological polar surface area (TPSA) is 113 Å². The van der Waals surface area contributed by atoms with Gasteiger partial charge in [-0.25, -0.2) is 4.79 Å². The highest BCUT2D eigenvalue weighted by atomic mass is 32.2. The second kappa shape index (κ2) is 8.68. The van der Waals surface area contributed by atoms with Gasteiger partial charge in [-0.1, -0.05) is 36.1 Å². The van der Waals surface area contributed by atoms with Crippen LogP contribution >= 0.6 is 24.0 Å². The number of carbonyl (C=O) groups excluding carboxylic acids is 1.